The lowest BCUT2D eigenvalue weighted by Gasteiger charge is -2.26. The van der Waals surface area contributed by atoms with Crippen LogP contribution in [0.4, 0.5) is 0 Å². The summed E-state index contributed by atoms with van der Waals surface area (Å²) >= 11 is 0. The van der Waals surface area contributed by atoms with Gasteiger partial charge in [-0.1, -0.05) is 37.6 Å². The number of fused-ring (bicyclic) bond motifs is 1. The smallest absolute Gasteiger partial charge is 0.0500 e. The summed E-state index contributed by atoms with van der Waals surface area (Å²) in [4.78, 5) is 0. The summed E-state index contributed by atoms with van der Waals surface area (Å²) in [5.41, 5.74) is 10.4. The highest BCUT2D eigenvalue weighted by atomic mass is 16.5. The van der Waals surface area contributed by atoms with Crippen LogP contribution in [0.1, 0.15) is 55.2 Å². The van der Waals surface area contributed by atoms with Gasteiger partial charge in [-0.2, -0.15) is 0 Å². The molecule has 1 aliphatic rings. The van der Waals surface area contributed by atoms with Crippen molar-refractivity contribution in [3.05, 3.63) is 47.5 Å². The van der Waals surface area contributed by atoms with Gasteiger partial charge in [0.15, 0.2) is 0 Å². The van der Waals surface area contributed by atoms with E-state index in [1.54, 1.807) is 0 Å². The summed E-state index contributed by atoms with van der Waals surface area (Å²) in [6.07, 6.45) is 8.84. The number of hydrogen-bond acceptors (Lipinski definition) is 2. The molecule has 0 fully saturated rings. The molecule has 0 radical (unpaired) electrons. The minimum Gasteiger partial charge on any atom is -0.381 e. The van der Waals surface area contributed by atoms with Crippen molar-refractivity contribution < 1.29 is 4.74 Å². The van der Waals surface area contributed by atoms with Crippen molar-refractivity contribution in [1.29, 1.82) is 0 Å². The molecular formula is C20H31NO. The first-order chi connectivity index (χ1) is 10.8. The molecule has 0 spiro atoms. The van der Waals surface area contributed by atoms with Crippen LogP contribution >= 0.6 is 0 Å². The highest BCUT2D eigenvalue weighted by molar-refractivity contribution is 5.36. The molecule has 122 valence electrons. The normalized spacial score (nSPS) is 18.7. The van der Waals surface area contributed by atoms with Gasteiger partial charge in [-0.3, -0.25) is 0 Å². The van der Waals surface area contributed by atoms with Crippen LogP contribution < -0.4 is 5.73 Å². The van der Waals surface area contributed by atoms with Gasteiger partial charge >= 0.3 is 0 Å². The fraction of sp³-hybridized carbons (Fsp3) is 0.600. The van der Waals surface area contributed by atoms with E-state index in [0.29, 0.717) is 11.8 Å². The predicted molar refractivity (Wildman–Crippen MR) is 94.3 cm³/mol. The number of benzene rings is 1. The minimum atomic E-state index is 0.523. The number of nitrogens with two attached hydrogens (primary N) is 1. The molecule has 0 bridgehead atoms. The van der Waals surface area contributed by atoms with E-state index in [9.17, 15) is 0 Å². The Bertz CT molecular complexity index is 469. The van der Waals surface area contributed by atoms with Crippen molar-refractivity contribution >= 4 is 0 Å². The van der Waals surface area contributed by atoms with Gasteiger partial charge in [0.2, 0.25) is 0 Å². The Morgan fingerprint density at radius 2 is 2.27 bits per heavy atom. The average Bonchev–Trinajstić information content (AvgIpc) is 2.56. The number of aryl methyl sites for hydroxylation is 1. The molecule has 2 rings (SSSR count). The SMILES string of the molecule is C=CCCOCC1CCc2cc(C(CN)CCC)ccc2C1. The van der Waals surface area contributed by atoms with Gasteiger partial charge in [0, 0.05) is 6.61 Å². The first-order valence-corrected chi connectivity index (χ1v) is 8.78. The predicted octanol–water partition coefficient (Wildman–Crippen LogP) is 4.23. The molecule has 2 heteroatoms. The van der Waals surface area contributed by atoms with Gasteiger partial charge < -0.3 is 10.5 Å². The van der Waals surface area contributed by atoms with Crippen LogP contribution in [0.3, 0.4) is 0 Å². The topological polar surface area (TPSA) is 35.2 Å². The molecule has 22 heavy (non-hydrogen) atoms. The third-order valence-electron chi connectivity index (χ3n) is 4.77. The summed E-state index contributed by atoms with van der Waals surface area (Å²) in [5.74, 6) is 1.19. The van der Waals surface area contributed by atoms with Gasteiger partial charge in [-0.15, -0.1) is 6.58 Å². The first kappa shape index (κ1) is 17.2. The zero-order valence-electron chi connectivity index (χ0n) is 14.0. The summed E-state index contributed by atoms with van der Waals surface area (Å²) < 4.78 is 5.75. The van der Waals surface area contributed by atoms with Gasteiger partial charge in [0.1, 0.15) is 0 Å². The molecule has 2 nitrogen and oxygen atoms in total. The summed E-state index contributed by atoms with van der Waals surface area (Å²) in [5, 5.41) is 0. The van der Waals surface area contributed by atoms with E-state index >= 15 is 0 Å². The summed E-state index contributed by atoms with van der Waals surface area (Å²) in [6, 6.07) is 7.04. The molecule has 1 aromatic rings. The van der Waals surface area contributed by atoms with Gasteiger partial charge in [-0.05, 0) is 67.2 Å². The monoisotopic (exact) mass is 301 g/mol. The van der Waals surface area contributed by atoms with Crippen LogP contribution in [0, 0.1) is 5.92 Å². The molecule has 2 unspecified atom stereocenters. The van der Waals surface area contributed by atoms with Crippen molar-refractivity contribution in [3.8, 4) is 0 Å². The van der Waals surface area contributed by atoms with Gasteiger partial charge in [0.25, 0.3) is 0 Å². The molecule has 0 saturated carbocycles. The van der Waals surface area contributed by atoms with Crippen LogP contribution in [-0.2, 0) is 17.6 Å². The lowest BCUT2D eigenvalue weighted by molar-refractivity contribution is 0.0979. The molecule has 0 amide bonds. The maximum absolute atomic E-state index is 5.94. The second-order valence-electron chi connectivity index (χ2n) is 6.51. The van der Waals surface area contributed by atoms with Crippen LogP contribution in [-0.4, -0.2) is 19.8 Å². The quantitative estimate of drug-likeness (QED) is 0.547. The van der Waals surface area contributed by atoms with Crippen LogP contribution in [0.5, 0.6) is 0 Å². The second kappa shape index (κ2) is 9.12. The molecule has 1 aliphatic carbocycles. The molecule has 0 aliphatic heterocycles. The van der Waals surface area contributed by atoms with Crippen LogP contribution in [0.25, 0.3) is 0 Å². The van der Waals surface area contributed by atoms with E-state index in [0.717, 1.165) is 32.6 Å². The van der Waals surface area contributed by atoms with Crippen molar-refractivity contribution in [1.82, 2.24) is 0 Å². The van der Waals surface area contributed by atoms with Gasteiger partial charge in [0.05, 0.1) is 6.61 Å². The number of hydrogen-bond donors (Lipinski definition) is 1. The molecular weight excluding hydrogens is 270 g/mol. The van der Waals surface area contributed by atoms with E-state index in [1.165, 1.54) is 42.4 Å². The Morgan fingerprint density at radius 1 is 1.41 bits per heavy atom. The number of rotatable bonds is 9. The molecule has 0 heterocycles. The second-order valence-corrected chi connectivity index (χ2v) is 6.51. The highest BCUT2D eigenvalue weighted by Crippen LogP contribution is 2.30. The molecule has 0 saturated heterocycles. The Kier molecular flexibility index (Phi) is 7.14. The van der Waals surface area contributed by atoms with Crippen molar-refractivity contribution in [2.75, 3.05) is 19.8 Å². The van der Waals surface area contributed by atoms with Crippen molar-refractivity contribution in [3.63, 3.8) is 0 Å². The van der Waals surface area contributed by atoms with E-state index in [-0.39, 0.29) is 0 Å². The maximum atomic E-state index is 5.94. The fourth-order valence-electron chi connectivity index (χ4n) is 3.43. The first-order valence-electron chi connectivity index (χ1n) is 8.78. The molecule has 2 atom stereocenters. The summed E-state index contributed by atoms with van der Waals surface area (Å²) in [6.45, 7) is 8.41. The van der Waals surface area contributed by atoms with Crippen molar-refractivity contribution in [2.45, 2.75) is 51.4 Å². The zero-order valence-corrected chi connectivity index (χ0v) is 14.0. The van der Waals surface area contributed by atoms with Crippen LogP contribution in [0.2, 0.25) is 0 Å². The minimum absolute atomic E-state index is 0.523. The Hall–Kier alpha value is -1.12. The fourth-order valence-corrected chi connectivity index (χ4v) is 3.43. The molecule has 1 aromatic carbocycles. The van der Waals surface area contributed by atoms with E-state index in [1.807, 2.05) is 6.08 Å². The third kappa shape index (κ3) is 4.69. The maximum Gasteiger partial charge on any atom is 0.0500 e. The van der Waals surface area contributed by atoms with E-state index in [2.05, 4.69) is 31.7 Å². The highest BCUT2D eigenvalue weighted by Gasteiger charge is 2.20. The Balaban J connectivity index is 1.94. The lowest BCUT2D eigenvalue weighted by Crippen LogP contribution is -2.20. The standard InChI is InChI=1S/C20H31NO/c1-3-5-11-22-15-16-7-8-18-13-19(10-9-17(18)12-16)20(14-21)6-4-2/h3,9-10,13,16,20H,1,4-8,11-12,14-15,21H2,2H3. The Morgan fingerprint density at radius 3 is 3.00 bits per heavy atom. The lowest BCUT2D eigenvalue weighted by atomic mass is 9.82. The van der Waals surface area contributed by atoms with E-state index in [4.69, 9.17) is 10.5 Å². The van der Waals surface area contributed by atoms with E-state index < -0.39 is 0 Å². The van der Waals surface area contributed by atoms with Crippen LogP contribution in [0.15, 0.2) is 30.9 Å². The number of ether oxygens (including phenoxy) is 1. The van der Waals surface area contributed by atoms with Crippen molar-refractivity contribution in [2.24, 2.45) is 11.7 Å². The summed E-state index contributed by atoms with van der Waals surface area (Å²) in [7, 11) is 0. The average molecular weight is 301 g/mol. The Labute approximate surface area is 135 Å². The largest absolute Gasteiger partial charge is 0.381 e. The van der Waals surface area contributed by atoms with Gasteiger partial charge in [-0.25, -0.2) is 0 Å². The molecule has 0 aromatic heterocycles. The zero-order chi connectivity index (χ0) is 15.8. The third-order valence-corrected chi connectivity index (χ3v) is 4.77. The molecule has 2 N–H and O–H groups in total.